The molecule has 26 heavy (non-hydrogen) atoms. The normalized spacial score (nSPS) is 25.6. The largest absolute Gasteiger partial charge is 0.418 e. The van der Waals surface area contributed by atoms with Gasteiger partial charge in [0, 0.05) is 0 Å². The summed E-state index contributed by atoms with van der Waals surface area (Å²) in [6.07, 6.45) is -23.4. The van der Waals surface area contributed by atoms with Gasteiger partial charge in [0.15, 0.2) is 0 Å². The van der Waals surface area contributed by atoms with Crippen molar-refractivity contribution in [3.8, 4) is 0 Å². The smallest absolute Gasteiger partial charge is 0.166 e. The van der Waals surface area contributed by atoms with Gasteiger partial charge in [-0.05, 0) is 40.3 Å². The van der Waals surface area contributed by atoms with Gasteiger partial charge in [0.25, 0.3) is 0 Å². The maximum atomic E-state index is 13.2. The molecule has 0 N–H and O–H groups in total. The van der Waals surface area contributed by atoms with E-state index in [4.69, 9.17) is 0 Å². The number of allylic oxidation sites excluding steroid dienone is 6. The summed E-state index contributed by atoms with van der Waals surface area (Å²) in [7, 11) is -8.10. The van der Waals surface area contributed by atoms with Crippen LogP contribution in [-0.2, 0) is 0 Å². The maximum absolute atomic E-state index is 13.2. The Balaban J connectivity index is 3.01. The molecule has 0 aromatic rings. The Morgan fingerprint density at radius 3 is 0.692 bits per heavy atom. The summed E-state index contributed by atoms with van der Waals surface area (Å²) < 4.78 is 159. The van der Waals surface area contributed by atoms with Crippen LogP contribution in [-0.4, -0.2) is 24.7 Å². The van der Waals surface area contributed by atoms with Crippen LogP contribution < -0.4 is 0 Å². The molecule has 0 saturated heterocycles. The fraction of sp³-hybridized carbons (Fsp3) is 0.500. The summed E-state index contributed by atoms with van der Waals surface area (Å²) in [5, 5.41) is -11.6. The van der Waals surface area contributed by atoms with E-state index in [1.54, 1.807) is 0 Å². The lowest BCUT2D eigenvalue weighted by Crippen LogP contribution is -2.33. The van der Waals surface area contributed by atoms with E-state index in [1.165, 1.54) is 0 Å². The van der Waals surface area contributed by atoms with Crippen LogP contribution in [0.4, 0.5) is 52.7 Å². The van der Waals surface area contributed by atoms with E-state index >= 15 is 0 Å². The highest BCUT2D eigenvalue weighted by molar-refractivity contribution is 7.81. The number of rotatable bonds is 0. The van der Waals surface area contributed by atoms with E-state index < -0.39 is 72.4 Å². The summed E-state index contributed by atoms with van der Waals surface area (Å²) in [5.41, 5.74) is 0. The van der Waals surface area contributed by atoms with Crippen LogP contribution in [0.3, 0.4) is 0 Å². The minimum absolute atomic E-state index is 0.716. The molecule has 3 aliphatic rings. The predicted molar refractivity (Wildman–Crippen MR) is 70.5 cm³/mol. The van der Waals surface area contributed by atoms with E-state index in [1.807, 2.05) is 0 Å². The van der Waals surface area contributed by atoms with Crippen molar-refractivity contribution < 1.29 is 52.7 Å². The van der Waals surface area contributed by atoms with E-state index in [2.05, 4.69) is 0 Å². The molecule has 0 unspecified atom stereocenters. The standard InChI is InChI=1S/C12H6F12P2/c1-3-4(2)26-7(11(19,20)21)5(9(13,14)15)25(3)6(10(16,17)18)8(26)12(22,23)24/h1-2H3. The third-order valence-electron chi connectivity index (χ3n) is 3.61. The summed E-state index contributed by atoms with van der Waals surface area (Å²) in [6, 6.07) is 0. The van der Waals surface area contributed by atoms with E-state index in [9.17, 15) is 52.7 Å². The lowest BCUT2D eigenvalue weighted by Gasteiger charge is -2.46. The monoisotopic (exact) mass is 440 g/mol. The van der Waals surface area contributed by atoms with Crippen molar-refractivity contribution in [1.29, 1.82) is 0 Å². The Kier molecular flexibility index (Phi) is 4.86. The van der Waals surface area contributed by atoms with Gasteiger partial charge >= 0.3 is 24.7 Å². The Hall–Kier alpha value is -0.760. The molecule has 3 heterocycles. The molecule has 3 rings (SSSR count). The van der Waals surface area contributed by atoms with Gasteiger partial charge in [0.2, 0.25) is 0 Å². The SMILES string of the molecule is CC1=C(C)P2C(C(F)(F)F)=C(C(F)(F)F)P1C(C(F)(F)F)=C2C(F)(F)F. The molecule has 0 atom stereocenters. The molecule has 0 spiro atoms. The highest BCUT2D eigenvalue weighted by atomic mass is 31.1. The molecule has 0 radical (unpaired) electrons. The molecular weight excluding hydrogens is 434 g/mol. The summed E-state index contributed by atoms with van der Waals surface area (Å²) in [4.78, 5) is 0. The van der Waals surface area contributed by atoms with Crippen LogP contribution in [0.25, 0.3) is 0 Å². The topological polar surface area (TPSA) is 0 Å². The third-order valence-corrected chi connectivity index (χ3v) is 9.85. The molecule has 0 aliphatic carbocycles. The van der Waals surface area contributed by atoms with Gasteiger partial charge in [-0.1, -0.05) is 0 Å². The van der Waals surface area contributed by atoms with Crippen LogP contribution >= 0.6 is 15.8 Å². The third kappa shape index (κ3) is 3.28. The van der Waals surface area contributed by atoms with Crippen molar-refractivity contribution in [2.75, 3.05) is 0 Å². The second-order valence-corrected chi connectivity index (χ2v) is 9.70. The number of hydrogen-bond acceptors (Lipinski definition) is 0. The molecule has 0 amide bonds. The first-order valence-electron chi connectivity index (χ1n) is 6.36. The minimum Gasteiger partial charge on any atom is -0.166 e. The molecule has 0 fully saturated rings. The molecule has 148 valence electrons. The van der Waals surface area contributed by atoms with Crippen molar-refractivity contribution in [2.45, 2.75) is 38.6 Å². The molecule has 0 aromatic heterocycles. The van der Waals surface area contributed by atoms with Gasteiger partial charge in [0.05, 0.1) is 21.3 Å². The summed E-state index contributed by atoms with van der Waals surface area (Å²) in [5.74, 6) is 0. The zero-order chi connectivity index (χ0) is 20.6. The average molecular weight is 440 g/mol. The van der Waals surface area contributed by atoms with Crippen molar-refractivity contribution in [3.63, 3.8) is 0 Å². The van der Waals surface area contributed by atoms with Crippen molar-refractivity contribution in [2.24, 2.45) is 0 Å². The minimum atomic E-state index is -5.85. The quantitative estimate of drug-likeness (QED) is 0.265. The number of alkyl halides is 12. The Labute approximate surface area is 140 Å². The highest BCUT2D eigenvalue weighted by Crippen LogP contribution is 2.87. The van der Waals surface area contributed by atoms with Crippen LogP contribution in [0.2, 0.25) is 0 Å². The lowest BCUT2D eigenvalue weighted by atomic mass is 10.4. The first kappa shape index (κ1) is 21.5. The van der Waals surface area contributed by atoms with Crippen LogP contribution in [0.1, 0.15) is 13.8 Å². The van der Waals surface area contributed by atoms with Gasteiger partial charge < -0.3 is 0 Å². The Bertz CT molecular complexity index is 615. The van der Waals surface area contributed by atoms with Crippen molar-refractivity contribution in [3.05, 3.63) is 31.9 Å². The second-order valence-electron chi connectivity index (χ2n) is 5.23. The van der Waals surface area contributed by atoms with Gasteiger partial charge in [-0.3, -0.25) is 0 Å². The first-order chi connectivity index (χ1) is 11.3. The van der Waals surface area contributed by atoms with E-state index in [-0.39, 0.29) is 0 Å². The molecule has 14 heteroatoms. The summed E-state index contributed by atoms with van der Waals surface area (Å²) in [6.45, 7) is 1.43. The van der Waals surface area contributed by atoms with Crippen LogP contribution in [0.5, 0.6) is 0 Å². The highest BCUT2D eigenvalue weighted by Gasteiger charge is 2.66. The van der Waals surface area contributed by atoms with E-state index in [0.29, 0.717) is 13.8 Å². The molecule has 0 nitrogen and oxygen atoms in total. The second kappa shape index (κ2) is 5.87. The van der Waals surface area contributed by atoms with Crippen molar-refractivity contribution in [1.82, 2.24) is 0 Å². The molecule has 3 aliphatic heterocycles. The van der Waals surface area contributed by atoms with Gasteiger partial charge in [0.1, 0.15) is 0 Å². The Morgan fingerprint density at radius 2 is 0.577 bits per heavy atom. The van der Waals surface area contributed by atoms with Crippen molar-refractivity contribution >= 4 is 15.8 Å². The number of hydrogen-bond donors (Lipinski definition) is 0. The molecular formula is C12H6F12P2. The predicted octanol–water partition coefficient (Wildman–Crippen LogP) is 7.90. The zero-order valence-corrected chi connectivity index (χ0v) is 14.2. The fourth-order valence-electron chi connectivity index (χ4n) is 2.69. The Morgan fingerprint density at radius 1 is 0.423 bits per heavy atom. The fourth-order valence-corrected chi connectivity index (χ4v) is 9.29. The van der Waals surface area contributed by atoms with Crippen LogP contribution in [0, 0.1) is 0 Å². The maximum Gasteiger partial charge on any atom is 0.418 e. The van der Waals surface area contributed by atoms with Gasteiger partial charge in [-0.25, -0.2) is 0 Å². The number of halogens is 12. The average Bonchev–Trinajstić information content (AvgIpc) is 2.37. The molecule has 2 bridgehead atoms. The van der Waals surface area contributed by atoms with Gasteiger partial charge in [-0.2, -0.15) is 52.7 Å². The molecule has 0 aromatic carbocycles. The molecule has 0 saturated carbocycles. The first-order valence-corrected chi connectivity index (χ1v) is 9.04. The summed E-state index contributed by atoms with van der Waals surface area (Å²) >= 11 is 0. The zero-order valence-electron chi connectivity index (χ0n) is 12.4. The lowest BCUT2D eigenvalue weighted by molar-refractivity contribution is -0.111. The van der Waals surface area contributed by atoms with Crippen LogP contribution in [0.15, 0.2) is 31.9 Å². The van der Waals surface area contributed by atoms with Gasteiger partial charge in [-0.15, -0.1) is 0 Å². The van der Waals surface area contributed by atoms with E-state index in [0.717, 1.165) is 0 Å².